The zero-order chi connectivity index (χ0) is 16.3. The fraction of sp³-hybridized carbons (Fsp3) is 0.529. The van der Waals surface area contributed by atoms with Crippen molar-refractivity contribution < 1.29 is 24.2 Å². The highest BCUT2D eigenvalue weighted by Crippen LogP contribution is 2.54. The molecule has 23 heavy (non-hydrogen) atoms. The van der Waals surface area contributed by atoms with Gasteiger partial charge in [-0.15, -0.1) is 0 Å². The third-order valence-corrected chi connectivity index (χ3v) is 4.87. The van der Waals surface area contributed by atoms with Crippen molar-refractivity contribution in [2.24, 2.45) is 5.41 Å². The molecule has 1 aromatic carbocycles. The molecular weight excluding hydrogens is 298 g/mol. The Kier molecular flexibility index (Phi) is 4.26. The highest BCUT2D eigenvalue weighted by molar-refractivity contribution is 5.85. The van der Waals surface area contributed by atoms with Crippen molar-refractivity contribution in [3.05, 3.63) is 35.9 Å². The van der Waals surface area contributed by atoms with Crippen molar-refractivity contribution in [2.45, 2.75) is 37.8 Å². The second-order valence-electron chi connectivity index (χ2n) is 6.54. The van der Waals surface area contributed by atoms with Crippen LogP contribution in [-0.4, -0.2) is 35.9 Å². The summed E-state index contributed by atoms with van der Waals surface area (Å²) in [6.45, 7) is 1.45. The van der Waals surface area contributed by atoms with Gasteiger partial charge in [-0.1, -0.05) is 30.3 Å². The Morgan fingerprint density at radius 2 is 1.83 bits per heavy atom. The zero-order valence-electron chi connectivity index (χ0n) is 12.9. The molecule has 1 aromatic rings. The van der Waals surface area contributed by atoms with Crippen molar-refractivity contribution in [1.82, 2.24) is 5.32 Å². The number of nitrogens with one attached hydrogen (secondary N) is 1. The molecule has 6 nitrogen and oxygen atoms in total. The van der Waals surface area contributed by atoms with Gasteiger partial charge in [-0.25, -0.2) is 9.59 Å². The van der Waals surface area contributed by atoms with Crippen LogP contribution in [0.4, 0.5) is 4.79 Å². The van der Waals surface area contributed by atoms with E-state index < -0.39 is 17.6 Å². The Hall–Kier alpha value is -2.08. The molecular formula is C17H21NO5. The van der Waals surface area contributed by atoms with Gasteiger partial charge in [0.05, 0.1) is 0 Å². The van der Waals surface area contributed by atoms with E-state index in [1.165, 1.54) is 0 Å². The average Bonchev–Trinajstić information content (AvgIpc) is 2.53. The maximum atomic E-state index is 12.0. The maximum Gasteiger partial charge on any atom is 0.408 e. The number of aliphatic carboxylic acids is 1. The molecule has 1 saturated carbocycles. The number of hydrogen-bond donors (Lipinski definition) is 2. The van der Waals surface area contributed by atoms with Crippen molar-refractivity contribution >= 4 is 12.1 Å². The third kappa shape index (κ3) is 3.32. The summed E-state index contributed by atoms with van der Waals surface area (Å²) < 4.78 is 10.5. The Bertz CT molecular complexity index is 572. The fourth-order valence-electron chi connectivity index (χ4n) is 3.63. The van der Waals surface area contributed by atoms with E-state index in [0.29, 0.717) is 26.1 Å². The molecule has 2 fully saturated rings. The Morgan fingerprint density at radius 1 is 1.17 bits per heavy atom. The molecule has 0 bridgehead atoms. The van der Waals surface area contributed by atoms with Crippen LogP contribution in [0.5, 0.6) is 0 Å². The summed E-state index contributed by atoms with van der Waals surface area (Å²) >= 11 is 0. The first-order valence-corrected chi connectivity index (χ1v) is 7.84. The van der Waals surface area contributed by atoms with Crippen LogP contribution in [0.2, 0.25) is 0 Å². The molecule has 0 unspecified atom stereocenters. The van der Waals surface area contributed by atoms with Crippen LogP contribution in [0.25, 0.3) is 0 Å². The lowest BCUT2D eigenvalue weighted by Crippen LogP contribution is -2.67. The number of amides is 1. The summed E-state index contributed by atoms with van der Waals surface area (Å²) in [5.74, 6) is -0.994. The van der Waals surface area contributed by atoms with Crippen LogP contribution in [0.15, 0.2) is 30.3 Å². The molecule has 1 aliphatic carbocycles. The van der Waals surface area contributed by atoms with Gasteiger partial charge < -0.3 is 19.9 Å². The smallest absolute Gasteiger partial charge is 0.408 e. The largest absolute Gasteiger partial charge is 0.480 e. The van der Waals surface area contributed by atoms with E-state index in [4.69, 9.17) is 9.47 Å². The molecule has 3 rings (SSSR count). The average molecular weight is 319 g/mol. The first kappa shape index (κ1) is 15.8. The molecule has 0 atom stereocenters. The molecule has 0 radical (unpaired) electrons. The minimum Gasteiger partial charge on any atom is -0.480 e. The van der Waals surface area contributed by atoms with Gasteiger partial charge >= 0.3 is 12.1 Å². The van der Waals surface area contributed by atoms with Gasteiger partial charge in [-0.2, -0.15) is 0 Å². The van der Waals surface area contributed by atoms with Crippen molar-refractivity contribution in [3.63, 3.8) is 0 Å². The van der Waals surface area contributed by atoms with Crippen LogP contribution >= 0.6 is 0 Å². The van der Waals surface area contributed by atoms with Crippen molar-refractivity contribution in [3.8, 4) is 0 Å². The molecule has 1 heterocycles. The summed E-state index contributed by atoms with van der Waals surface area (Å²) in [7, 11) is 0. The quantitative estimate of drug-likeness (QED) is 0.889. The van der Waals surface area contributed by atoms with E-state index in [0.717, 1.165) is 18.4 Å². The number of carbonyl (C=O) groups is 2. The van der Waals surface area contributed by atoms with E-state index in [2.05, 4.69) is 5.32 Å². The lowest BCUT2D eigenvalue weighted by atomic mass is 9.54. The lowest BCUT2D eigenvalue weighted by Gasteiger charge is -2.55. The molecule has 0 aromatic heterocycles. The number of carboxylic acids is 1. The second-order valence-corrected chi connectivity index (χ2v) is 6.54. The molecule has 1 spiro atoms. The van der Waals surface area contributed by atoms with Crippen LogP contribution in [0.3, 0.4) is 0 Å². The van der Waals surface area contributed by atoms with Crippen LogP contribution in [-0.2, 0) is 20.9 Å². The molecule has 124 valence electrons. The van der Waals surface area contributed by atoms with Gasteiger partial charge in [0.25, 0.3) is 0 Å². The highest BCUT2D eigenvalue weighted by atomic mass is 16.5. The molecule has 1 aliphatic heterocycles. The lowest BCUT2D eigenvalue weighted by molar-refractivity contribution is -0.162. The molecule has 6 heteroatoms. The highest BCUT2D eigenvalue weighted by Gasteiger charge is 2.60. The van der Waals surface area contributed by atoms with Gasteiger partial charge in [0, 0.05) is 13.2 Å². The zero-order valence-corrected chi connectivity index (χ0v) is 12.9. The number of hydrogen-bond acceptors (Lipinski definition) is 4. The number of rotatable bonds is 4. The number of carboxylic acid groups (broad SMARTS) is 1. The number of carbonyl (C=O) groups excluding carboxylic acids is 1. The fourth-order valence-corrected chi connectivity index (χ4v) is 3.63. The van der Waals surface area contributed by atoms with Gasteiger partial charge in [-0.05, 0) is 36.7 Å². The number of ether oxygens (including phenoxy) is 2. The van der Waals surface area contributed by atoms with Gasteiger partial charge in [0.1, 0.15) is 12.1 Å². The van der Waals surface area contributed by atoms with E-state index in [9.17, 15) is 14.7 Å². The molecule has 2 aliphatic rings. The normalized spacial score (nSPS) is 21.2. The van der Waals surface area contributed by atoms with Crippen molar-refractivity contribution in [2.75, 3.05) is 13.2 Å². The maximum absolute atomic E-state index is 12.0. The Labute approximate surface area is 134 Å². The third-order valence-electron chi connectivity index (χ3n) is 4.87. The predicted molar refractivity (Wildman–Crippen MR) is 81.8 cm³/mol. The number of alkyl carbamates (subject to hydrolysis) is 1. The van der Waals surface area contributed by atoms with Crippen LogP contribution in [0.1, 0.15) is 31.2 Å². The molecule has 1 saturated heterocycles. The summed E-state index contributed by atoms with van der Waals surface area (Å²) in [6, 6.07) is 9.29. The first-order chi connectivity index (χ1) is 11.0. The van der Waals surface area contributed by atoms with Crippen molar-refractivity contribution in [1.29, 1.82) is 0 Å². The summed E-state index contributed by atoms with van der Waals surface area (Å²) in [5, 5.41) is 12.1. The van der Waals surface area contributed by atoms with Crippen LogP contribution in [0, 0.1) is 5.41 Å². The van der Waals surface area contributed by atoms with Gasteiger partial charge in [0.2, 0.25) is 0 Å². The Morgan fingerprint density at radius 3 is 2.43 bits per heavy atom. The van der Waals surface area contributed by atoms with Crippen LogP contribution < -0.4 is 5.32 Å². The monoisotopic (exact) mass is 319 g/mol. The summed E-state index contributed by atoms with van der Waals surface area (Å²) in [4.78, 5) is 23.6. The first-order valence-electron chi connectivity index (χ1n) is 7.84. The predicted octanol–water partition coefficient (Wildman–Crippen LogP) is 2.33. The van der Waals surface area contributed by atoms with E-state index in [1.807, 2.05) is 30.3 Å². The minimum absolute atomic E-state index is 0.0106. The number of benzene rings is 1. The minimum atomic E-state index is -1.20. The Balaban J connectivity index is 1.56. The van der Waals surface area contributed by atoms with Gasteiger partial charge in [-0.3, -0.25) is 0 Å². The van der Waals surface area contributed by atoms with E-state index >= 15 is 0 Å². The summed E-state index contributed by atoms with van der Waals surface area (Å²) in [5.41, 5.74) is -0.351. The topological polar surface area (TPSA) is 84.9 Å². The standard InChI is InChI=1S/C17H21NO5/c19-14(20)17(11-16(12-17)6-8-22-9-7-16)18-15(21)23-10-13-4-2-1-3-5-13/h1-5H,6-12H2,(H,18,21)(H,19,20). The molecule has 1 amide bonds. The van der Waals surface area contributed by atoms with Gasteiger partial charge in [0.15, 0.2) is 0 Å². The van der Waals surface area contributed by atoms with E-state index in [1.54, 1.807) is 0 Å². The molecule has 2 N–H and O–H groups in total. The van der Waals surface area contributed by atoms with E-state index in [-0.39, 0.29) is 12.0 Å². The SMILES string of the molecule is O=C(NC1(C(=O)O)CC2(CCOCC2)C1)OCc1ccccc1. The second kappa shape index (κ2) is 6.20. The summed E-state index contributed by atoms with van der Waals surface area (Å²) in [6.07, 6.45) is 1.90.